The lowest BCUT2D eigenvalue weighted by molar-refractivity contribution is -0.130. The van der Waals surface area contributed by atoms with E-state index in [2.05, 4.69) is 23.1 Å². The molecule has 26 heavy (non-hydrogen) atoms. The first kappa shape index (κ1) is 16.5. The first-order valence-corrected chi connectivity index (χ1v) is 8.99. The van der Waals surface area contributed by atoms with Gasteiger partial charge >= 0.3 is 0 Å². The topological polar surface area (TPSA) is 43.8 Å². The maximum absolute atomic E-state index is 12.8. The fraction of sp³-hybridized carbons (Fsp3) is 0.227. The van der Waals surface area contributed by atoms with Crippen LogP contribution < -0.4 is 4.90 Å². The number of fused-ring (bicyclic) bond motifs is 1. The lowest BCUT2D eigenvalue weighted by atomic mass is 10.0. The maximum Gasteiger partial charge on any atom is 0.227 e. The predicted octanol–water partition coefficient (Wildman–Crippen LogP) is 3.44. The Bertz CT molecular complexity index is 908. The standard InChI is InChI=1S/C22H22N2O2/c25-20-10-8-19(9-11-20)23-12-14-24(15-13-23)22(26)16-18-6-3-5-17-4-1-2-7-21(17)18/h1-11,25H,12-16H2. The summed E-state index contributed by atoms with van der Waals surface area (Å²) in [5.41, 5.74) is 2.18. The van der Waals surface area contributed by atoms with Crippen LogP contribution >= 0.6 is 0 Å². The molecule has 4 heteroatoms. The molecule has 1 heterocycles. The molecule has 1 aliphatic rings. The summed E-state index contributed by atoms with van der Waals surface area (Å²) in [6, 6.07) is 21.6. The Kier molecular flexibility index (Phi) is 4.48. The fourth-order valence-corrected chi connectivity index (χ4v) is 3.60. The van der Waals surface area contributed by atoms with Crippen molar-refractivity contribution >= 4 is 22.4 Å². The molecule has 1 aliphatic heterocycles. The average molecular weight is 346 g/mol. The van der Waals surface area contributed by atoms with Crippen molar-refractivity contribution in [3.05, 3.63) is 72.3 Å². The summed E-state index contributed by atoms with van der Waals surface area (Å²) < 4.78 is 0. The number of carbonyl (C=O) groups is 1. The van der Waals surface area contributed by atoms with Crippen molar-refractivity contribution < 1.29 is 9.90 Å². The summed E-state index contributed by atoms with van der Waals surface area (Å²) in [4.78, 5) is 17.0. The monoisotopic (exact) mass is 346 g/mol. The van der Waals surface area contributed by atoms with Crippen LogP contribution in [0.2, 0.25) is 0 Å². The zero-order valence-corrected chi connectivity index (χ0v) is 14.6. The number of aromatic hydroxyl groups is 1. The molecule has 0 unspecified atom stereocenters. The quantitative estimate of drug-likeness (QED) is 0.790. The van der Waals surface area contributed by atoms with Crippen LogP contribution in [0.25, 0.3) is 10.8 Å². The molecule has 1 fully saturated rings. The molecule has 3 aromatic rings. The van der Waals surface area contributed by atoms with E-state index in [1.165, 1.54) is 5.39 Å². The van der Waals surface area contributed by atoms with Crippen molar-refractivity contribution in [3.8, 4) is 5.75 Å². The summed E-state index contributed by atoms with van der Waals surface area (Å²) in [6.07, 6.45) is 0.445. The Morgan fingerprint density at radius 1 is 0.846 bits per heavy atom. The van der Waals surface area contributed by atoms with Gasteiger partial charge in [0, 0.05) is 31.9 Å². The van der Waals surface area contributed by atoms with Gasteiger partial charge in [0.05, 0.1) is 6.42 Å². The van der Waals surface area contributed by atoms with Crippen LogP contribution in [0, 0.1) is 0 Å². The highest BCUT2D eigenvalue weighted by Crippen LogP contribution is 2.22. The lowest BCUT2D eigenvalue weighted by Gasteiger charge is -2.36. The van der Waals surface area contributed by atoms with Crippen LogP contribution in [-0.2, 0) is 11.2 Å². The van der Waals surface area contributed by atoms with Gasteiger partial charge in [-0.2, -0.15) is 0 Å². The van der Waals surface area contributed by atoms with Crippen molar-refractivity contribution in [1.29, 1.82) is 0 Å². The number of anilines is 1. The average Bonchev–Trinajstić information content (AvgIpc) is 2.69. The van der Waals surface area contributed by atoms with Gasteiger partial charge < -0.3 is 14.9 Å². The highest BCUT2D eigenvalue weighted by molar-refractivity contribution is 5.90. The van der Waals surface area contributed by atoms with E-state index < -0.39 is 0 Å². The second kappa shape index (κ2) is 7.08. The minimum Gasteiger partial charge on any atom is -0.508 e. The molecule has 0 saturated carbocycles. The predicted molar refractivity (Wildman–Crippen MR) is 105 cm³/mol. The van der Waals surface area contributed by atoms with Crippen molar-refractivity contribution in [2.45, 2.75) is 6.42 Å². The number of hydrogen-bond acceptors (Lipinski definition) is 3. The number of phenols is 1. The van der Waals surface area contributed by atoms with Gasteiger partial charge in [-0.25, -0.2) is 0 Å². The molecular weight excluding hydrogens is 324 g/mol. The molecule has 4 rings (SSSR count). The molecule has 1 N–H and O–H groups in total. The molecule has 0 aliphatic carbocycles. The van der Waals surface area contributed by atoms with Crippen molar-refractivity contribution in [1.82, 2.24) is 4.90 Å². The number of benzene rings is 3. The molecule has 0 aromatic heterocycles. The van der Waals surface area contributed by atoms with E-state index in [1.807, 2.05) is 41.3 Å². The highest BCUT2D eigenvalue weighted by atomic mass is 16.3. The summed E-state index contributed by atoms with van der Waals surface area (Å²) in [6.45, 7) is 3.08. The second-order valence-electron chi connectivity index (χ2n) is 6.70. The second-order valence-corrected chi connectivity index (χ2v) is 6.70. The minimum absolute atomic E-state index is 0.187. The van der Waals surface area contributed by atoms with Crippen molar-refractivity contribution in [2.24, 2.45) is 0 Å². The normalized spacial score (nSPS) is 14.6. The lowest BCUT2D eigenvalue weighted by Crippen LogP contribution is -2.49. The smallest absolute Gasteiger partial charge is 0.227 e. The van der Waals surface area contributed by atoms with Gasteiger partial charge in [0.1, 0.15) is 5.75 Å². The van der Waals surface area contributed by atoms with E-state index in [0.717, 1.165) is 42.8 Å². The molecule has 0 radical (unpaired) electrons. The van der Waals surface area contributed by atoms with E-state index in [4.69, 9.17) is 0 Å². The Hall–Kier alpha value is -3.01. The molecule has 3 aromatic carbocycles. The number of hydrogen-bond donors (Lipinski definition) is 1. The molecule has 0 spiro atoms. The Morgan fingerprint density at radius 3 is 2.31 bits per heavy atom. The summed E-state index contributed by atoms with van der Waals surface area (Å²) in [7, 11) is 0. The van der Waals surface area contributed by atoms with Crippen LogP contribution in [0.1, 0.15) is 5.56 Å². The number of piperazine rings is 1. The molecule has 1 amide bonds. The van der Waals surface area contributed by atoms with Crippen molar-refractivity contribution in [3.63, 3.8) is 0 Å². The molecule has 0 bridgehead atoms. The molecular formula is C22H22N2O2. The summed E-state index contributed by atoms with van der Waals surface area (Å²) >= 11 is 0. The summed E-state index contributed by atoms with van der Waals surface area (Å²) in [5, 5.41) is 11.7. The zero-order valence-electron chi connectivity index (χ0n) is 14.6. The molecule has 132 valence electrons. The van der Waals surface area contributed by atoms with Crippen LogP contribution in [0.5, 0.6) is 5.75 Å². The number of nitrogens with zero attached hydrogens (tertiary/aromatic N) is 2. The van der Waals surface area contributed by atoms with E-state index in [9.17, 15) is 9.90 Å². The third-order valence-electron chi connectivity index (χ3n) is 5.07. The van der Waals surface area contributed by atoms with Crippen LogP contribution in [0.4, 0.5) is 5.69 Å². The Morgan fingerprint density at radius 2 is 1.54 bits per heavy atom. The molecule has 1 saturated heterocycles. The number of carbonyl (C=O) groups excluding carboxylic acids is 1. The van der Waals surface area contributed by atoms with Gasteiger partial charge in [-0.1, -0.05) is 42.5 Å². The van der Waals surface area contributed by atoms with Crippen LogP contribution in [0.3, 0.4) is 0 Å². The first-order chi connectivity index (χ1) is 12.7. The Balaban J connectivity index is 1.41. The van der Waals surface area contributed by atoms with E-state index in [0.29, 0.717) is 6.42 Å². The summed E-state index contributed by atoms with van der Waals surface area (Å²) in [5.74, 6) is 0.462. The van der Waals surface area contributed by atoms with E-state index in [-0.39, 0.29) is 11.7 Å². The van der Waals surface area contributed by atoms with Crippen LogP contribution in [0.15, 0.2) is 66.7 Å². The van der Waals surface area contributed by atoms with Gasteiger partial charge in [-0.15, -0.1) is 0 Å². The van der Waals surface area contributed by atoms with Crippen molar-refractivity contribution in [2.75, 3.05) is 31.1 Å². The van der Waals surface area contributed by atoms with Gasteiger partial charge in [0.2, 0.25) is 5.91 Å². The third kappa shape index (κ3) is 3.36. The van der Waals surface area contributed by atoms with Crippen LogP contribution in [-0.4, -0.2) is 42.1 Å². The Labute approximate surface area is 153 Å². The SMILES string of the molecule is O=C(Cc1cccc2ccccc12)N1CCN(c2ccc(O)cc2)CC1. The van der Waals surface area contributed by atoms with Gasteiger partial charge in [0.15, 0.2) is 0 Å². The zero-order chi connectivity index (χ0) is 17.9. The third-order valence-corrected chi connectivity index (χ3v) is 5.07. The fourth-order valence-electron chi connectivity index (χ4n) is 3.60. The van der Waals surface area contributed by atoms with E-state index >= 15 is 0 Å². The van der Waals surface area contributed by atoms with Gasteiger partial charge in [0.25, 0.3) is 0 Å². The van der Waals surface area contributed by atoms with E-state index in [1.54, 1.807) is 12.1 Å². The largest absolute Gasteiger partial charge is 0.508 e. The number of rotatable bonds is 3. The number of phenolic OH excluding ortho intramolecular Hbond substituents is 1. The maximum atomic E-state index is 12.8. The molecule has 4 nitrogen and oxygen atoms in total. The highest BCUT2D eigenvalue weighted by Gasteiger charge is 2.21. The molecule has 0 atom stereocenters. The number of amides is 1. The van der Waals surface area contributed by atoms with Gasteiger partial charge in [-0.05, 0) is 40.6 Å². The minimum atomic E-state index is 0.187. The van der Waals surface area contributed by atoms with Gasteiger partial charge in [-0.3, -0.25) is 4.79 Å². The first-order valence-electron chi connectivity index (χ1n) is 8.99.